The molecule has 8 heteroatoms. The fourth-order valence-electron chi connectivity index (χ4n) is 2.02. The second kappa shape index (κ2) is 5.51. The maximum absolute atomic E-state index is 11.7. The minimum absolute atomic E-state index is 0.114. The van der Waals surface area contributed by atoms with Gasteiger partial charge in [0.25, 0.3) is 5.56 Å². The average Bonchev–Trinajstić information content (AvgIpc) is 2.76. The van der Waals surface area contributed by atoms with Crippen molar-refractivity contribution in [3.8, 4) is 0 Å². The molecule has 3 N–H and O–H groups in total. The summed E-state index contributed by atoms with van der Waals surface area (Å²) in [6.07, 6.45) is 0.776. The summed E-state index contributed by atoms with van der Waals surface area (Å²) < 4.78 is 7.16. The van der Waals surface area contributed by atoms with Crippen molar-refractivity contribution in [2.24, 2.45) is 5.92 Å². The third kappa shape index (κ3) is 2.51. The van der Waals surface area contributed by atoms with Crippen molar-refractivity contribution < 1.29 is 14.9 Å². The summed E-state index contributed by atoms with van der Waals surface area (Å²) in [5, 5.41) is 18.3. The summed E-state index contributed by atoms with van der Waals surface area (Å²) >= 11 is 1.82. The van der Waals surface area contributed by atoms with Crippen molar-refractivity contribution in [3.63, 3.8) is 0 Å². The third-order valence-corrected chi connectivity index (χ3v) is 3.78. The van der Waals surface area contributed by atoms with Crippen molar-refractivity contribution in [3.05, 3.63) is 30.6 Å². The van der Waals surface area contributed by atoms with E-state index in [1.165, 1.54) is 10.8 Å². The lowest BCUT2D eigenvalue weighted by Gasteiger charge is -2.14. The summed E-state index contributed by atoms with van der Waals surface area (Å²) in [7, 11) is 0. The number of aromatic amines is 1. The molecular weight excluding hydrogens is 355 g/mol. The topological polar surface area (TPSA) is 105 Å². The van der Waals surface area contributed by atoms with Crippen molar-refractivity contribution in [1.29, 1.82) is 0 Å². The number of aliphatic hydroxyl groups is 2. The molecule has 18 heavy (non-hydrogen) atoms. The van der Waals surface area contributed by atoms with E-state index in [9.17, 15) is 9.59 Å². The Kier molecular flexibility index (Phi) is 4.20. The van der Waals surface area contributed by atoms with Crippen LogP contribution in [0.15, 0.2) is 15.8 Å². The van der Waals surface area contributed by atoms with Gasteiger partial charge in [0.15, 0.2) is 0 Å². The Balaban J connectivity index is 2.31. The lowest BCUT2D eigenvalue weighted by Crippen LogP contribution is -2.33. The summed E-state index contributed by atoms with van der Waals surface area (Å²) in [5.74, 6) is -0.212. The molecule has 1 aliphatic rings. The molecule has 0 spiro atoms. The van der Waals surface area contributed by atoms with E-state index >= 15 is 0 Å². The highest BCUT2D eigenvalue weighted by Gasteiger charge is 2.35. The molecule has 1 aromatic rings. The van der Waals surface area contributed by atoms with Crippen LogP contribution in [0, 0.1) is 9.49 Å². The van der Waals surface area contributed by atoms with Gasteiger partial charge >= 0.3 is 5.69 Å². The van der Waals surface area contributed by atoms with Crippen LogP contribution in [0.5, 0.6) is 0 Å². The number of halogens is 1. The number of nitrogens with zero attached hydrogens (tertiary/aromatic N) is 1. The Morgan fingerprint density at radius 2 is 2.17 bits per heavy atom. The lowest BCUT2D eigenvalue weighted by atomic mass is 10.0. The van der Waals surface area contributed by atoms with Crippen LogP contribution in [0.3, 0.4) is 0 Å². The van der Waals surface area contributed by atoms with Gasteiger partial charge in [-0.2, -0.15) is 0 Å². The van der Waals surface area contributed by atoms with Gasteiger partial charge in [-0.1, -0.05) is 0 Å². The molecule has 100 valence electrons. The fraction of sp³-hybridized carbons (Fsp3) is 0.600. The summed E-state index contributed by atoms with van der Waals surface area (Å²) in [6, 6.07) is 0. The Bertz CT molecular complexity index is 528. The van der Waals surface area contributed by atoms with Crippen LogP contribution in [0.4, 0.5) is 0 Å². The summed E-state index contributed by atoms with van der Waals surface area (Å²) in [5.41, 5.74) is -0.993. The maximum Gasteiger partial charge on any atom is 0.330 e. The standard InChI is InChI=1S/C10H13IN2O5/c11-6-2-13(10(17)12-9(6)16)8-1-5(3-14)7(4-15)18-8/h2,5,7-8,14-15H,1,3-4H2,(H,12,16,17)/t5-,7-,8-/m1/s1. The zero-order chi connectivity index (χ0) is 13.3. The summed E-state index contributed by atoms with van der Waals surface area (Å²) in [4.78, 5) is 25.1. The molecule has 1 aliphatic heterocycles. The van der Waals surface area contributed by atoms with Crippen molar-refractivity contribution in [2.75, 3.05) is 13.2 Å². The highest BCUT2D eigenvalue weighted by molar-refractivity contribution is 14.1. The van der Waals surface area contributed by atoms with E-state index in [0.29, 0.717) is 9.99 Å². The van der Waals surface area contributed by atoms with Gasteiger partial charge in [0.1, 0.15) is 6.23 Å². The van der Waals surface area contributed by atoms with Gasteiger partial charge in [0.05, 0.1) is 16.3 Å². The number of ether oxygens (including phenoxy) is 1. The van der Waals surface area contributed by atoms with E-state index in [4.69, 9.17) is 14.9 Å². The highest BCUT2D eigenvalue weighted by Crippen LogP contribution is 2.31. The minimum Gasteiger partial charge on any atom is -0.396 e. The first-order valence-corrected chi connectivity index (χ1v) is 6.52. The van der Waals surface area contributed by atoms with Crippen LogP contribution < -0.4 is 11.2 Å². The second-order valence-electron chi connectivity index (χ2n) is 4.13. The molecular formula is C10H13IN2O5. The molecule has 2 heterocycles. The van der Waals surface area contributed by atoms with Gasteiger partial charge in [-0.05, 0) is 22.6 Å². The summed E-state index contributed by atoms with van der Waals surface area (Å²) in [6.45, 7) is -0.326. The van der Waals surface area contributed by atoms with E-state index in [-0.39, 0.29) is 19.1 Å². The molecule has 0 aromatic carbocycles. The van der Waals surface area contributed by atoms with Crippen molar-refractivity contribution >= 4 is 22.6 Å². The largest absolute Gasteiger partial charge is 0.396 e. The number of hydrogen-bond donors (Lipinski definition) is 3. The molecule has 7 nitrogen and oxygen atoms in total. The van der Waals surface area contributed by atoms with Gasteiger partial charge < -0.3 is 14.9 Å². The quantitative estimate of drug-likeness (QED) is 0.596. The van der Waals surface area contributed by atoms with E-state index in [1.807, 2.05) is 22.6 Å². The number of hydrogen-bond acceptors (Lipinski definition) is 5. The van der Waals surface area contributed by atoms with Gasteiger partial charge in [0, 0.05) is 25.1 Å². The molecule has 1 aromatic heterocycles. The third-order valence-electron chi connectivity index (χ3n) is 3.01. The molecule has 0 saturated carbocycles. The van der Waals surface area contributed by atoms with E-state index in [2.05, 4.69) is 4.98 Å². The van der Waals surface area contributed by atoms with Crippen LogP contribution in [-0.4, -0.2) is 39.1 Å². The molecule has 0 aliphatic carbocycles. The number of rotatable bonds is 3. The molecule has 0 radical (unpaired) electrons. The van der Waals surface area contributed by atoms with Crippen LogP contribution >= 0.6 is 22.6 Å². The van der Waals surface area contributed by atoms with Gasteiger partial charge in [0.2, 0.25) is 0 Å². The average molecular weight is 368 g/mol. The van der Waals surface area contributed by atoms with Crippen LogP contribution in [0.25, 0.3) is 0 Å². The van der Waals surface area contributed by atoms with Gasteiger partial charge in [-0.3, -0.25) is 14.3 Å². The molecule has 0 bridgehead atoms. The molecule has 0 unspecified atom stereocenters. The molecule has 0 amide bonds. The first-order valence-electron chi connectivity index (χ1n) is 5.45. The fourth-order valence-corrected chi connectivity index (χ4v) is 2.45. The zero-order valence-corrected chi connectivity index (χ0v) is 11.5. The van der Waals surface area contributed by atoms with E-state index < -0.39 is 23.6 Å². The van der Waals surface area contributed by atoms with Gasteiger partial charge in [-0.25, -0.2) is 4.79 Å². The minimum atomic E-state index is -0.572. The Hall–Kier alpha value is -0.710. The second-order valence-corrected chi connectivity index (χ2v) is 5.30. The van der Waals surface area contributed by atoms with Crippen molar-refractivity contribution in [2.45, 2.75) is 18.8 Å². The first kappa shape index (κ1) is 13.7. The number of aliphatic hydroxyl groups excluding tert-OH is 2. The van der Waals surface area contributed by atoms with E-state index in [0.717, 1.165) is 0 Å². The predicted molar refractivity (Wildman–Crippen MR) is 70.2 cm³/mol. The highest BCUT2D eigenvalue weighted by atomic mass is 127. The molecule has 1 saturated heterocycles. The lowest BCUT2D eigenvalue weighted by molar-refractivity contribution is -0.0367. The normalized spacial score (nSPS) is 27.6. The monoisotopic (exact) mass is 368 g/mol. The van der Waals surface area contributed by atoms with Crippen LogP contribution in [0.1, 0.15) is 12.6 Å². The Morgan fingerprint density at radius 1 is 1.44 bits per heavy atom. The maximum atomic E-state index is 11.7. The number of H-pyrrole nitrogens is 1. The number of aromatic nitrogens is 2. The molecule has 1 fully saturated rings. The Morgan fingerprint density at radius 3 is 2.72 bits per heavy atom. The first-order chi connectivity index (χ1) is 8.56. The Labute approximate surface area is 116 Å². The number of nitrogens with one attached hydrogen (secondary N) is 1. The SMILES string of the molecule is O=c1[nH]c(=O)n([C@H]2C[C@H](CO)[C@@H](CO)O2)cc1I. The van der Waals surface area contributed by atoms with Crippen LogP contribution in [-0.2, 0) is 4.74 Å². The smallest absolute Gasteiger partial charge is 0.330 e. The van der Waals surface area contributed by atoms with E-state index in [1.54, 1.807) is 0 Å². The van der Waals surface area contributed by atoms with Gasteiger partial charge in [-0.15, -0.1) is 0 Å². The van der Waals surface area contributed by atoms with Crippen molar-refractivity contribution in [1.82, 2.24) is 9.55 Å². The zero-order valence-electron chi connectivity index (χ0n) is 9.38. The van der Waals surface area contributed by atoms with Crippen LogP contribution in [0.2, 0.25) is 0 Å². The molecule has 2 rings (SSSR count). The molecule has 3 atom stereocenters. The predicted octanol–water partition coefficient (Wildman–Crippen LogP) is -0.970.